The molecule has 130 valence electrons. The summed E-state index contributed by atoms with van der Waals surface area (Å²) < 4.78 is 23.9. The summed E-state index contributed by atoms with van der Waals surface area (Å²) in [6.45, 7) is 0.752. The first-order chi connectivity index (χ1) is 10.6. The van der Waals surface area contributed by atoms with Crippen LogP contribution in [0.4, 0.5) is 10.1 Å². The van der Waals surface area contributed by atoms with Crippen molar-refractivity contribution in [2.45, 2.75) is 31.7 Å². The standard InChI is InChI=1S/C16H23FN2O3.ClH/c1-21-7-8-22-15-6-5-12(17)10-14(15)19-16(20)11-3-2-4-13(18)9-11;/h5-6,10-11,13H,2-4,7-9,18H2,1H3,(H,19,20);1H. The molecule has 0 saturated heterocycles. The van der Waals surface area contributed by atoms with Crippen molar-refractivity contribution < 1.29 is 18.7 Å². The van der Waals surface area contributed by atoms with Crippen LogP contribution in [0.15, 0.2) is 18.2 Å². The zero-order valence-electron chi connectivity index (χ0n) is 13.2. The van der Waals surface area contributed by atoms with Crippen LogP contribution in [0.25, 0.3) is 0 Å². The maximum atomic E-state index is 13.4. The Bertz CT molecular complexity index is 516. The third-order valence-electron chi connectivity index (χ3n) is 3.83. The van der Waals surface area contributed by atoms with Gasteiger partial charge in [0.2, 0.25) is 5.91 Å². The molecule has 7 heteroatoms. The molecule has 1 amide bonds. The molecular weight excluding hydrogens is 323 g/mol. The lowest BCUT2D eigenvalue weighted by Crippen LogP contribution is -2.34. The average molecular weight is 347 g/mol. The van der Waals surface area contributed by atoms with Crippen molar-refractivity contribution in [3.63, 3.8) is 0 Å². The highest BCUT2D eigenvalue weighted by Crippen LogP contribution is 2.29. The fraction of sp³-hybridized carbons (Fsp3) is 0.562. The summed E-state index contributed by atoms with van der Waals surface area (Å²) in [7, 11) is 1.57. The molecule has 0 heterocycles. The third kappa shape index (κ3) is 5.97. The van der Waals surface area contributed by atoms with Crippen LogP contribution < -0.4 is 15.8 Å². The summed E-state index contributed by atoms with van der Waals surface area (Å²) in [4.78, 5) is 12.3. The van der Waals surface area contributed by atoms with Gasteiger partial charge in [-0.05, 0) is 31.4 Å². The molecule has 0 spiro atoms. The van der Waals surface area contributed by atoms with Gasteiger partial charge >= 0.3 is 0 Å². The predicted octanol–water partition coefficient (Wildman–Crippen LogP) is 2.73. The van der Waals surface area contributed by atoms with E-state index in [2.05, 4.69) is 5.32 Å². The highest BCUT2D eigenvalue weighted by atomic mass is 35.5. The molecule has 1 aliphatic rings. The Kier molecular flexibility index (Phi) is 8.30. The first-order valence-corrected chi connectivity index (χ1v) is 7.58. The van der Waals surface area contributed by atoms with E-state index in [0.29, 0.717) is 31.1 Å². The van der Waals surface area contributed by atoms with Crippen LogP contribution in [0, 0.1) is 11.7 Å². The van der Waals surface area contributed by atoms with Crippen LogP contribution in [0.3, 0.4) is 0 Å². The minimum atomic E-state index is -0.422. The van der Waals surface area contributed by atoms with Crippen LogP contribution in [0.2, 0.25) is 0 Å². The predicted molar refractivity (Wildman–Crippen MR) is 89.6 cm³/mol. The van der Waals surface area contributed by atoms with Gasteiger partial charge in [0, 0.05) is 25.1 Å². The smallest absolute Gasteiger partial charge is 0.227 e. The molecule has 5 nitrogen and oxygen atoms in total. The number of hydrogen-bond acceptors (Lipinski definition) is 4. The molecule has 1 aromatic rings. The first-order valence-electron chi connectivity index (χ1n) is 7.58. The monoisotopic (exact) mass is 346 g/mol. The lowest BCUT2D eigenvalue weighted by molar-refractivity contribution is -0.120. The van der Waals surface area contributed by atoms with Crippen LogP contribution in [-0.2, 0) is 9.53 Å². The summed E-state index contributed by atoms with van der Waals surface area (Å²) in [5.41, 5.74) is 6.26. The van der Waals surface area contributed by atoms with E-state index in [0.717, 1.165) is 19.3 Å². The van der Waals surface area contributed by atoms with E-state index in [9.17, 15) is 9.18 Å². The second kappa shape index (κ2) is 9.70. The fourth-order valence-electron chi connectivity index (χ4n) is 2.66. The Morgan fingerprint density at radius 2 is 2.17 bits per heavy atom. The number of nitrogens with two attached hydrogens (primary N) is 1. The normalized spacial score (nSPS) is 20.5. The Labute approximate surface area is 142 Å². The summed E-state index contributed by atoms with van der Waals surface area (Å²) in [5.74, 6) is -0.238. The van der Waals surface area contributed by atoms with Crippen LogP contribution in [0.5, 0.6) is 5.75 Å². The Morgan fingerprint density at radius 3 is 2.87 bits per heavy atom. The van der Waals surface area contributed by atoms with Crippen molar-refractivity contribution >= 4 is 24.0 Å². The second-order valence-electron chi connectivity index (χ2n) is 5.59. The number of amides is 1. The van der Waals surface area contributed by atoms with Crippen molar-refractivity contribution in [2.75, 3.05) is 25.6 Å². The molecule has 3 N–H and O–H groups in total. The van der Waals surface area contributed by atoms with Crippen molar-refractivity contribution in [2.24, 2.45) is 11.7 Å². The minimum absolute atomic E-state index is 0. The highest BCUT2D eigenvalue weighted by molar-refractivity contribution is 5.94. The first kappa shape index (κ1) is 19.7. The van der Waals surface area contributed by atoms with Gasteiger partial charge in [-0.1, -0.05) is 6.42 Å². The van der Waals surface area contributed by atoms with Gasteiger partial charge < -0.3 is 20.5 Å². The molecule has 1 aliphatic carbocycles. The number of benzene rings is 1. The molecule has 1 aromatic carbocycles. The zero-order chi connectivity index (χ0) is 15.9. The molecule has 1 fully saturated rings. The molecule has 0 bridgehead atoms. The van der Waals surface area contributed by atoms with Crippen molar-refractivity contribution in [3.8, 4) is 5.75 Å². The lowest BCUT2D eigenvalue weighted by atomic mass is 9.85. The van der Waals surface area contributed by atoms with E-state index in [1.807, 2.05) is 0 Å². The zero-order valence-corrected chi connectivity index (χ0v) is 14.0. The van der Waals surface area contributed by atoms with E-state index in [1.54, 1.807) is 7.11 Å². The number of rotatable bonds is 6. The summed E-state index contributed by atoms with van der Waals surface area (Å²) in [6, 6.07) is 4.14. The van der Waals surface area contributed by atoms with Crippen LogP contribution in [-0.4, -0.2) is 32.3 Å². The number of methoxy groups -OCH3 is 1. The average Bonchev–Trinajstić information content (AvgIpc) is 2.49. The number of ether oxygens (including phenoxy) is 2. The maximum absolute atomic E-state index is 13.4. The number of nitrogens with one attached hydrogen (secondary N) is 1. The topological polar surface area (TPSA) is 73.6 Å². The third-order valence-corrected chi connectivity index (χ3v) is 3.83. The molecule has 0 aliphatic heterocycles. The van der Waals surface area contributed by atoms with Gasteiger partial charge in [0.05, 0.1) is 12.3 Å². The van der Waals surface area contributed by atoms with Crippen LogP contribution >= 0.6 is 12.4 Å². The number of hydrogen-bond donors (Lipinski definition) is 2. The fourth-order valence-corrected chi connectivity index (χ4v) is 2.66. The van der Waals surface area contributed by atoms with Gasteiger partial charge in [0.15, 0.2) is 0 Å². The minimum Gasteiger partial charge on any atom is -0.489 e. The maximum Gasteiger partial charge on any atom is 0.227 e. The molecule has 2 rings (SSSR count). The van der Waals surface area contributed by atoms with Gasteiger partial charge in [-0.15, -0.1) is 12.4 Å². The Balaban J connectivity index is 0.00000264. The summed E-state index contributed by atoms with van der Waals surface area (Å²) in [6.07, 6.45) is 3.38. The molecule has 23 heavy (non-hydrogen) atoms. The number of carbonyl (C=O) groups is 1. The number of carbonyl (C=O) groups excluding carboxylic acids is 1. The quantitative estimate of drug-likeness (QED) is 0.777. The van der Waals surface area contributed by atoms with E-state index in [1.165, 1.54) is 18.2 Å². The Hall–Kier alpha value is -1.37. The number of halogens is 2. The van der Waals surface area contributed by atoms with E-state index >= 15 is 0 Å². The van der Waals surface area contributed by atoms with Gasteiger partial charge in [0.1, 0.15) is 18.2 Å². The molecular formula is C16H24ClFN2O3. The molecule has 0 radical (unpaired) electrons. The van der Waals surface area contributed by atoms with Crippen molar-refractivity contribution in [1.29, 1.82) is 0 Å². The van der Waals surface area contributed by atoms with Crippen molar-refractivity contribution in [1.82, 2.24) is 0 Å². The molecule has 1 saturated carbocycles. The van der Waals surface area contributed by atoms with Gasteiger partial charge in [-0.3, -0.25) is 4.79 Å². The van der Waals surface area contributed by atoms with E-state index in [4.69, 9.17) is 15.2 Å². The van der Waals surface area contributed by atoms with Crippen molar-refractivity contribution in [3.05, 3.63) is 24.0 Å². The summed E-state index contributed by atoms with van der Waals surface area (Å²) >= 11 is 0. The van der Waals surface area contributed by atoms with E-state index in [-0.39, 0.29) is 30.3 Å². The summed E-state index contributed by atoms with van der Waals surface area (Å²) in [5, 5.41) is 2.77. The number of anilines is 1. The molecule has 0 aromatic heterocycles. The van der Waals surface area contributed by atoms with Gasteiger partial charge in [-0.2, -0.15) is 0 Å². The second-order valence-corrected chi connectivity index (χ2v) is 5.59. The van der Waals surface area contributed by atoms with Gasteiger partial charge in [0.25, 0.3) is 0 Å². The molecule has 2 unspecified atom stereocenters. The van der Waals surface area contributed by atoms with Crippen LogP contribution in [0.1, 0.15) is 25.7 Å². The molecule has 2 atom stereocenters. The largest absolute Gasteiger partial charge is 0.489 e. The van der Waals surface area contributed by atoms with E-state index < -0.39 is 5.82 Å². The van der Waals surface area contributed by atoms with Gasteiger partial charge in [-0.25, -0.2) is 4.39 Å². The highest BCUT2D eigenvalue weighted by Gasteiger charge is 2.26. The SMILES string of the molecule is COCCOc1ccc(F)cc1NC(=O)C1CCCC(N)C1.Cl. The Morgan fingerprint density at radius 1 is 1.39 bits per heavy atom. The lowest BCUT2D eigenvalue weighted by Gasteiger charge is -2.26.